The van der Waals surface area contributed by atoms with Gasteiger partial charge in [0.05, 0.1) is 6.10 Å². The second-order valence-corrected chi connectivity index (χ2v) is 12.6. The zero-order valence-corrected chi connectivity index (χ0v) is 20.9. The van der Waals surface area contributed by atoms with E-state index in [4.69, 9.17) is 0 Å². The number of aliphatic hydroxyl groups excluding tert-OH is 1. The smallest absolute Gasteiger partial charge is 0.0569 e. The summed E-state index contributed by atoms with van der Waals surface area (Å²) in [5, 5.41) is 10.5. The fourth-order valence-corrected chi connectivity index (χ4v) is 8.26. The second-order valence-electron chi connectivity index (χ2n) is 12.6. The van der Waals surface area contributed by atoms with Gasteiger partial charge in [-0.1, -0.05) is 73.0 Å². The van der Waals surface area contributed by atoms with Crippen molar-refractivity contribution in [3.63, 3.8) is 0 Å². The Labute approximate surface area is 186 Å². The van der Waals surface area contributed by atoms with Crippen LogP contribution in [0.2, 0.25) is 0 Å². The van der Waals surface area contributed by atoms with E-state index in [1.54, 1.807) is 11.1 Å². The molecular weight excluding hydrogens is 364 g/mol. The highest BCUT2D eigenvalue weighted by Gasteiger charge is 2.54. The third-order valence-electron chi connectivity index (χ3n) is 10.9. The molecule has 0 aliphatic heterocycles. The van der Waals surface area contributed by atoms with E-state index in [1.807, 2.05) is 5.57 Å². The molecular formula is C29H48O. The Bertz CT molecular complexity index is 714. The molecule has 1 saturated carbocycles. The molecule has 1 heteroatoms. The monoisotopic (exact) mass is 412 g/mol. The van der Waals surface area contributed by atoms with Crippen molar-refractivity contribution in [3.05, 3.63) is 22.8 Å². The van der Waals surface area contributed by atoms with E-state index in [0.717, 1.165) is 30.1 Å². The van der Waals surface area contributed by atoms with Crippen LogP contribution in [0.4, 0.5) is 0 Å². The molecule has 1 N–H and O–H groups in total. The molecule has 0 spiro atoms. The Kier molecular flexibility index (Phi) is 6.10. The van der Waals surface area contributed by atoms with Crippen molar-refractivity contribution in [1.29, 1.82) is 0 Å². The summed E-state index contributed by atoms with van der Waals surface area (Å²) in [5.74, 6) is 4.44. The number of hydrogen-bond donors (Lipinski definition) is 1. The van der Waals surface area contributed by atoms with Gasteiger partial charge in [0.25, 0.3) is 0 Å². The summed E-state index contributed by atoms with van der Waals surface area (Å²) in [6, 6.07) is 0. The third-order valence-corrected chi connectivity index (χ3v) is 10.9. The molecule has 0 radical (unpaired) electrons. The molecule has 0 bridgehead atoms. The Morgan fingerprint density at radius 3 is 2.43 bits per heavy atom. The van der Waals surface area contributed by atoms with Crippen molar-refractivity contribution >= 4 is 0 Å². The van der Waals surface area contributed by atoms with Crippen LogP contribution in [0.5, 0.6) is 0 Å². The second kappa shape index (κ2) is 8.09. The fourth-order valence-electron chi connectivity index (χ4n) is 8.26. The van der Waals surface area contributed by atoms with Crippen LogP contribution in [0.3, 0.4) is 0 Å². The molecule has 4 aliphatic carbocycles. The van der Waals surface area contributed by atoms with Crippen LogP contribution in [-0.4, -0.2) is 11.2 Å². The van der Waals surface area contributed by atoms with E-state index >= 15 is 0 Å². The largest absolute Gasteiger partial charge is 0.393 e. The molecule has 4 aliphatic rings. The zero-order chi connectivity index (χ0) is 21.8. The molecule has 1 nitrogen and oxygen atoms in total. The standard InChI is InChI=1S/C29H48O/c1-18(2)19(3)8-9-20(4)23-12-13-25-22-10-11-24-21(5)27(30)15-17-29(24,7)26(22)14-16-28(23,25)6/h13,18-21,23-24,27,30H,8-12,14-17H2,1-7H3/t19-,20+,21-,23+,24-,27-,28+,29-/m0/s1. The van der Waals surface area contributed by atoms with Gasteiger partial charge in [-0.2, -0.15) is 0 Å². The summed E-state index contributed by atoms with van der Waals surface area (Å²) in [7, 11) is 0. The van der Waals surface area contributed by atoms with Crippen LogP contribution in [0.25, 0.3) is 0 Å². The van der Waals surface area contributed by atoms with E-state index in [-0.39, 0.29) is 6.10 Å². The lowest BCUT2D eigenvalue weighted by molar-refractivity contribution is -0.0287. The SMILES string of the molecule is CC(C)[C@@H](C)CC[C@@H](C)[C@H]1CC=C2C3=C(CC[C@@]21C)[C@@]1(C)CC[C@H](O)[C@@H](C)[C@@H]1CC3. The molecule has 30 heavy (non-hydrogen) atoms. The summed E-state index contributed by atoms with van der Waals surface area (Å²) in [6.45, 7) is 17.2. The van der Waals surface area contributed by atoms with E-state index < -0.39 is 0 Å². The lowest BCUT2D eigenvalue weighted by Crippen LogP contribution is -2.48. The van der Waals surface area contributed by atoms with Gasteiger partial charge in [-0.25, -0.2) is 0 Å². The summed E-state index contributed by atoms with van der Waals surface area (Å²) in [6.07, 6.45) is 14.1. The summed E-state index contributed by atoms with van der Waals surface area (Å²) >= 11 is 0. The average molecular weight is 413 g/mol. The van der Waals surface area contributed by atoms with Crippen LogP contribution >= 0.6 is 0 Å². The lowest BCUT2D eigenvalue weighted by atomic mass is 9.49. The number of allylic oxidation sites excluding steroid dienone is 4. The molecule has 8 atom stereocenters. The quantitative estimate of drug-likeness (QED) is 0.486. The molecule has 0 aromatic heterocycles. The van der Waals surface area contributed by atoms with E-state index in [2.05, 4.69) is 54.5 Å². The number of aliphatic hydroxyl groups is 1. The molecule has 170 valence electrons. The number of fused-ring (bicyclic) bond motifs is 4. The minimum absolute atomic E-state index is 0.0803. The predicted octanol–water partition coefficient (Wildman–Crippen LogP) is 7.94. The zero-order valence-electron chi connectivity index (χ0n) is 20.9. The van der Waals surface area contributed by atoms with Gasteiger partial charge in [-0.05, 0) is 102 Å². The maximum Gasteiger partial charge on any atom is 0.0569 e. The fraction of sp³-hybridized carbons (Fsp3) is 0.862. The Hall–Kier alpha value is -0.560. The Balaban J connectivity index is 1.55. The molecule has 1 fully saturated rings. The van der Waals surface area contributed by atoms with Crippen LogP contribution < -0.4 is 0 Å². The highest BCUT2D eigenvalue weighted by atomic mass is 16.3. The van der Waals surface area contributed by atoms with E-state index in [1.165, 1.54) is 51.4 Å². The van der Waals surface area contributed by atoms with E-state index in [0.29, 0.717) is 22.7 Å². The molecule has 0 heterocycles. The first-order valence-electron chi connectivity index (χ1n) is 13.2. The van der Waals surface area contributed by atoms with Gasteiger partial charge in [-0.15, -0.1) is 0 Å². The van der Waals surface area contributed by atoms with Crippen LogP contribution in [-0.2, 0) is 0 Å². The third kappa shape index (κ3) is 3.46. The first-order valence-corrected chi connectivity index (χ1v) is 13.2. The topological polar surface area (TPSA) is 20.2 Å². The number of rotatable bonds is 5. The molecule has 0 aromatic rings. The predicted molar refractivity (Wildman–Crippen MR) is 128 cm³/mol. The minimum Gasteiger partial charge on any atom is -0.393 e. The Morgan fingerprint density at radius 1 is 1.00 bits per heavy atom. The molecule has 0 aromatic carbocycles. The summed E-state index contributed by atoms with van der Waals surface area (Å²) in [5.41, 5.74) is 6.09. The van der Waals surface area contributed by atoms with Crippen LogP contribution in [0.15, 0.2) is 22.8 Å². The highest BCUT2D eigenvalue weighted by Crippen LogP contribution is 2.64. The normalized spacial score (nSPS) is 43.0. The van der Waals surface area contributed by atoms with Crippen molar-refractivity contribution in [1.82, 2.24) is 0 Å². The molecule has 0 unspecified atom stereocenters. The van der Waals surface area contributed by atoms with Gasteiger partial charge >= 0.3 is 0 Å². The molecule has 0 amide bonds. The highest BCUT2D eigenvalue weighted by molar-refractivity contribution is 5.49. The first kappa shape index (κ1) is 22.6. The average Bonchev–Trinajstić information content (AvgIpc) is 3.06. The minimum atomic E-state index is -0.0803. The molecule has 4 rings (SSSR count). The van der Waals surface area contributed by atoms with Gasteiger partial charge in [0.1, 0.15) is 0 Å². The summed E-state index contributed by atoms with van der Waals surface area (Å²) < 4.78 is 0. The van der Waals surface area contributed by atoms with Crippen molar-refractivity contribution in [3.8, 4) is 0 Å². The summed E-state index contributed by atoms with van der Waals surface area (Å²) in [4.78, 5) is 0. The van der Waals surface area contributed by atoms with Gasteiger partial charge < -0.3 is 5.11 Å². The van der Waals surface area contributed by atoms with Crippen molar-refractivity contribution in [2.45, 2.75) is 112 Å². The van der Waals surface area contributed by atoms with Crippen molar-refractivity contribution < 1.29 is 5.11 Å². The maximum absolute atomic E-state index is 10.5. The van der Waals surface area contributed by atoms with E-state index in [9.17, 15) is 5.11 Å². The van der Waals surface area contributed by atoms with Crippen molar-refractivity contribution in [2.75, 3.05) is 0 Å². The van der Waals surface area contributed by atoms with Gasteiger partial charge in [0.15, 0.2) is 0 Å². The molecule has 0 saturated heterocycles. The lowest BCUT2D eigenvalue weighted by Gasteiger charge is -2.55. The number of hydrogen-bond acceptors (Lipinski definition) is 1. The van der Waals surface area contributed by atoms with Gasteiger partial charge in [-0.3, -0.25) is 0 Å². The maximum atomic E-state index is 10.5. The van der Waals surface area contributed by atoms with Crippen molar-refractivity contribution in [2.24, 2.45) is 46.3 Å². The first-order chi connectivity index (χ1) is 14.1. The van der Waals surface area contributed by atoms with Crippen LogP contribution in [0, 0.1) is 46.3 Å². The Morgan fingerprint density at radius 2 is 1.73 bits per heavy atom. The van der Waals surface area contributed by atoms with Gasteiger partial charge in [0, 0.05) is 0 Å². The van der Waals surface area contributed by atoms with Crippen LogP contribution in [0.1, 0.15) is 106 Å². The van der Waals surface area contributed by atoms with Gasteiger partial charge in [0.2, 0.25) is 0 Å².